The van der Waals surface area contributed by atoms with E-state index in [1.54, 1.807) is 0 Å². The van der Waals surface area contributed by atoms with E-state index in [0.29, 0.717) is 13.1 Å². The fourth-order valence-corrected chi connectivity index (χ4v) is 5.10. The van der Waals surface area contributed by atoms with Gasteiger partial charge in [0.2, 0.25) is 10.0 Å². The molecule has 0 aromatic heterocycles. The van der Waals surface area contributed by atoms with Gasteiger partial charge in [-0.25, -0.2) is 13.2 Å². The van der Waals surface area contributed by atoms with E-state index in [0.717, 1.165) is 38.5 Å². The maximum absolute atomic E-state index is 13.0. The van der Waals surface area contributed by atoms with E-state index in [9.17, 15) is 26.8 Å². The van der Waals surface area contributed by atoms with Crippen LogP contribution in [0.2, 0.25) is 0 Å². The number of nitrogens with one attached hydrogen (secondary N) is 1. The van der Waals surface area contributed by atoms with Crippen molar-refractivity contribution in [3.8, 4) is 11.5 Å². The molecule has 9 nitrogen and oxygen atoms in total. The van der Waals surface area contributed by atoms with Gasteiger partial charge in [0.25, 0.3) is 5.91 Å². The molecule has 12 heteroatoms. The average molecular weight is 499 g/mol. The Morgan fingerprint density at radius 3 is 2.35 bits per heavy atom. The number of esters is 1. The Morgan fingerprint density at radius 1 is 1.03 bits per heavy atom. The number of sulfonamides is 1. The Balaban J connectivity index is 1.94. The summed E-state index contributed by atoms with van der Waals surface area (Å²) in [5, 5.41) is 2.44. The van der Waals surface area contributed by atoms with Crippen LogP contribution in [0.15, 0.2) is 41.3 Å². The molecule has 0 radical (unpaired) electrons. The first-order valence-corrected chi connectivity index (χ1v) is 11.8. The fourth-order valence-electron chi connectivity index (χ4n) is 3.54. The van der Waals surface area contributed by atoms with E-state index in [-0.39, 0.29) is 27.5 Å². The number of carbonyl (C=O) groups is 2. The Bertz CT molecular complexity index is 1170. The summed E-state index contributed by atoms with van der Waals surface area (Å²) in [6.07, 6.45) is 2.47. The third-order valence-electron chi connectivity index (χ3n) is 5.22. The number of alkyl halides is 2. The van der Waals surface area contributed by atoms with Crippen LogP contribution < -0.4 is 14.8 Å². The van der Waals surface area contributed by atoms with Crippen LogP contribution in [-0.4, -0.2) is 58.5 Å². The zero-order chi connectivity index (χ0) is 24.9. The van der Waals surface area contributed by atoms with E-state index in [1.165, 1.54) is 35.7 Å². The van der Waals surface area contributed by atoms with E-state index < -0.39 is 34.3 Å². The standard InChI is InChI=1S/C22H24F2N2O7S/c1-31-18-12-16(21(28)32-2)17(13-19(18)33-22(23)24)25-20(27)14-7-6-8-15(11-14)34(29,30)26-9-4-3-5-10-26/h6-8,11-13,22H,3-5,9-10H2,1-2H3,(H,25,27). The average Bonchev–Trinajstić information content (AvgIpc) is 2.84. The van der Waals surface area contributed by atoms with Crippen molar-refractivity contribution in [2.45, 2.75) is 30.8 Å². The molecule has 184 valence electrons. The van der Waals surface area contributed by atoms with Crippen molar-refractivity contribution >= 4 is 27.6 Å². The molecule has 0 atom stereocenters. The zero-order valence-electron chi connectivity index (χ0n) is 18.5. The van der Waals surface area contributed by atoms with Crippen LogP contribution in [-0.2, 0) is 14.8 Å². The molecule has 1 heterocycles. The van der Waals surface area contributed by atoms with Gasteiger partial charge in [0.1, 0.15) is 0 Å². The highest BCUT2D eigenvalue weighted by atomic mass is 32.2. The van der Waals surface area contributed by atoms with Crippen LogP contribution in [0.25, 0.3) is 0 Å². The lowest BCUT2D eigenvalue weighted by atomic mass is 10.1. The second-order valence-electron chi connectivity index (χ2n) is 7.37. The van der Waals surface area contributed by atoms with Gasteiger partial charge in [-0.3, -0.25) is 4.79 Å². The summed E-state index contributed by atoms with van der Waals surface area (Å²) < 4.78 is 67.0. The first-order valence-electron chi connectivity index (χ1n) is 10.3. The second-order valence-corrected chi connectivity index (χ2v) is 9.30. The molecule has 0 bridgehead atoms. The lowest BCUT2D eigenvalue weighted by molar-refractivity contribution is -0.0511. The smallest absolute Gasteiger partial charge is 0.387 e. The Kier molecular flexibility index (Phi) is 8.05. The van der Waals surface area contributed by atoms with Crippen molar-refractivity contribution in [2.24, 2.45) is 0 Å². The minimum absolute atomic E-state index is 0.0129. The highest BCUT2D eigenvalue weighted by molar-refractivity contribution is 7.89. The fraction of sp³-hybridized carbons (Fsp3) is 0.364. The second kappa shape index (κ2) is 10.8. The lowest BCUT2D eigenvalue weighted by Gasteiger charge is -2.26. The van der Waals surface area contributed by atoms with Gasteiger partial charge in [0.15, 0.2) is 11.5 Å². The molecule has 1 aliphatic rings. The first-order chi connectivity index (χ1) is 16.2. The maximum Gasteiger partial charge on any atom is 0.387 e. The third kappa shape index (κ3) is 5.62. The molecule has 34 heavy (non-hydrogen) atoms. The summed E-state index contributed by atoms with van der Waals surface area (Å²) >= 11 is 0. The number of amides is 1. The Hall–Kier alpha value is -3.25. The number of carbonyl (C=O) groups excluding carboxylic acids is 2. The molecule has 2 aromatic carbocycles. The first kappa shape index (κ1) is 25.4. The molecule has 0 saturated carbocycles. The molecule has 1 N–H and O–H groups in total. The quantitative estimate of drug-likeness (QED) is 0.555. The van der Waals surface area contributed by atoms with Crippen molar-refractivity contribution in [1.29, 1.82) is 0 Å². The molecular weight excluding hydrogens is 474 g/mol. The monoisotopic (exact) mass is 498 g/mol. The molecule has 0 aliphatic carbocycles. The zero-order valence-corrected chi connectivity index (χ0v) is 19.4. The number of methoxy groups -OCH3 is 2. The summed E-state index contributed by atoms with van der Waals surface area (Å²) in [6.45, 7) is -2.38. The third-order valence-corrected chi connectivity index (χ3v) is 7.12. The van der Waals surface area contributed by atoms with Crippen LogP contribution in [0.3, 0.4) is 0 Å². The van der Waals surface area contributed by atoms with Gasteiger partial charge in [-0.2, -0.15) is 13.1 Å². The summed E-state index contributed by atoms with van der Waals surface area (Å²) in [5.74, 6) is -2.22. The van der Waals surface area contributed by atoms with E-state index >= 15 is 0 Å². The van der Waals surface area contributed by atoms with Crippen molar-refractivity contribution in [2.75, 3.05) is 32.6 Å². The number of hydrogen-bond acceptors (Lipinski definition) is 7. The summed E-state index contributed by atoms with van der Waals surface area (Å²) in [4.78, 5) is 25.1. The molecule has 1 aliphatic heterocycles. The van der Waals surface area contributed by atoms with Crippen molar-refractivity contribution < 1.29 is 41.0 Å². The topological polar surface area (TPSA) is 111 Å². The van der Waals surface area contributed by atoms with E-state index in [4.69, 9.17) is 9.47 Å². The molecule has 0 unspecified atom stereocenters. The molecular formula is C22H24F2N2O7S. The van der Waals surface area contributed by atoms with Crippen LogP contribution in [0.4, 0.5) is 14.5 Å². The normalized spacial score (nSPS) is 14.5. The van der Waals surface area contributed by atoms with Crippen molar-refractivity contribution in [3.05, 3.63) is 47.5 Å². The van der Waals surface area contributed by atoms with E-state index in [2.05, 4.69) is 10.1 Å². The number of piperidine rings is 1. The van der Waals surface area contributed by atoms with Crippen LogP contribution >= 0.6 is 0 Å². The number of anilines is 1. The van der Waals surface area contributed by atoms with Gasteiger partial charge < -0.3 is 19.5 Å². The molecule has 1 fully saturated rings. The minimum atomic E-state index is -3.79. The number of benzene rings is 2. The van der Waals surface area contributed by atoms with Crippen molar-refractivity contribution in [3.63, 3.8) is 0 Å². The predicted molar refractivity (Wildman–Crippen MR) is 118 cm³/mol. The molecule has 1 saturated heterocycles. The molecule has 2 aromatic rings. The van der Waals surface area contributed by atoms with E-state index in [1.807, 2.05) is 0 Å². The molecule has 3 rings (SSSR count). The van der Waals surface area contributed by atoms with Gasteiger partial charge >= 0.3 is 12.6 Å². The number of hydrogen-bond donors (Lipinski definition) is 1. The largest absolute Gasteiger partial charge is 0.493 e. The number of nitrogens with zero attached hydrogens (tertiary/aromatic N) is 1. The predicted octanol–water partition coefficient (Wildman–Crippen LogP) is 3.51. The Morgan fingerprint density at radius 2 is 1.74 bits per heavy atom. The van der Waals surface area contributed by atoms with Gasteiger partial charge in [-0.1, -0.05) is 12.5 Å². The highest BCUT2D eigenvalue weighted by Crippen LogP contribution is 2.35. The number of halogens is 2. The van der Waals surface area contributed by atoms with Gasteiger partial charge in [-0.05, 0) is 31.0 Å². The minimum Gasteiger partial charge on any atom is -0.493 e. The summed E-state index contributed by atoms with van der Waals surface area (Å²) in [7, 11) is -1.48. The summed E-state index contributed by atoms with van der Waals surface area (Å²) in [6, 6.07) is 7.52. The lowest BCUT2D eigenvalue weighted by Crippen LogP contribution is -2.35. The van der Waals surface area contributed by atoms with Gasteiger partial charge in [-0.15, -0.1) is 0 Å². The Labute approximate surface area is 195 Å². The number of ether oxygens (including phenoxy) is 3. The SMILES string of the molecule is COC(=O)c1cc(OC)c(OC(F)F)cc1NC(=O)c1cccc(S(=O)(=O)N2CCCCC2)c1. The van der Waals surface area contributed by atoms with Crippen LogP contribution in [0.1, 0.15) is 40.0 Å². The maximum atomic E-state index is 13.0. The van der Waals surface area contributed by atoms with Crippen molar-refractivity contribution in [1.82, 2.24) is 4.31 Å². The summed E-state index contributed by atoms with van der Waals surface area (Å²) in [5.41, 5.74) is -0.370. The molecule has 1 amide bonds. The molecule has 0 spiro atoms. The van der Waals surface area contributed by atoms with Crippen LogP contribution in [0.5, 0.6) is 11.5 Å². The van der Waals surface area contributed by atoms with Crippen LogP contribution in [0, 0.1) is 0 Å². The highest BCUT2D eigenvalue weighted by Gasteiger charge is 2.27. The number of rotatable bonds is 8. The van der Waals surface area contributed by atoms with Gasteiger partial charge in [0, 0.05) is 30.8 Å². The van der Waals surface area contributed by atoms with Gasteiger partial charge in [0.05, 0.1) is 30.4 Å².